The van der Waals surface area contributed by atoms with E-state index in [-0.39, 0.29) is 6.42 Å². The number of nitrogens with zero attached hydrogens (tertiary/aromatic N) is 1. The zero-order chi connectivity index (χ0) is 22.4. The number of hydrogen-bond acceptors (Lipinski definition) is 5. The van der Waals surface area contributed by atoms with E-state index in [2.05, 4.69) is 30.2 Å². The summed E-state index contributed by atoms with van der Waals surface area (Å²) in [6, 6.07) is 12.0. The van der Waals surface area contributed by atoms with Gasteiger partial charge in [-0.25, -0.2) is 4.98 Å². The minimum absolute atomic E-state index is 0.137. The van der Waals surface area contributed by atoms with E-state index in [0.717, 1.165) is 46.0 Å². The molecule has 164 valence electrons. The van der Waals surface area contributed by atoms with Crippen LogP contribution < -0.4 is 10.1 Å². The van der Waals surface area contributed by atoms with Crippen molar-refractivity contribution in [2.75, 3.05) is 19.0 Å². The Labute approximate surface area is 183 Å². The number of oxazole rings is 1. The Morgan fingerprint density at radius 3 is 2.65 bits per heavy atom. The zero-order valence-corrected chi connectivity index (χ0v) is 18.6. The Morgan fingerprint density at radius 1 is 1.13 bits per heavy atom. The van der Waals surface area contributed by atoms with Crippen molar-refractivity contribution in [3.63, 3.8) is 0 Å². The molecule has 2 aromatic carbocycles. The van der Waals surface area contributed by atoms with Crippen LogP contribution in [-0.4, -0.2) is 29.7 Å². The Morgan fingerprint density at radius 2 is 1.94 bits per heavy atom. The van der Waals surface area contributed by atoms with Crippen LogP contribution >= 0.6 is 0 Å². The fourth-order valence-corrected chi connectivity index (χ4v) is 3.58. The summed E-state index contributed by atoms with van der Waals surface area (Å²) in [5, 5.41) is 12.1. The van der Waals surface area contributed by atoms with Gasteiger partial charge in [0.2, 0.25) is 5.89 Å². The van der Waals surface area contributed by atoms with Gasteiger partial charge in [-0.05, 0) is 67.6 Å². The summed E-state index contributed by atoms with van der Waals surface area (Å²) in [6.45, 7) is 6.53. The van der Waals surface area contributed by atoms with E-state index >= 15 is 0 Å². The largest absolute Gasteiger partial charge is 0.493 e. The normalized spacial score (nSPS) is 10.8. The fraction of sp³-hybridized carbons (Fsp3) is 0.360. The van der Waals surface area contributed by atoms with Gasteiger partial charge in [0, 0.05) is 31.1 Å². The van der Waals surface area contributed by atoms with Gasteiger partial charge in [0.25, 0.3) is 0 Å². The van der Waals surface area contributed by atoms with Crippen LogP contribution in [0.15, 0.2) is 40.8 Å². The molecule has 31 heavy (non-hydrogen) atoms. The number of aromatic nitrogens is 1. The number of carboxylic acids is 1. The molecule has 3 aromatic rings. The average Bonchev–Trinajstić information content (AvgIpc) is 3.13. The van der Waals surface area contributed by atoms with E-state index in [0.29, 0.717) is 25.3 Å². The molecule has 0 saturated heterocycles. The van der Waals surface area contributed by atoms with Gasteiger partial charge in [0.15, 0.2) is 0 Å². The van der Waals surface area contributed by atoms with Crippen molar-refractivity contribution in [2.45, 2.75) is 46.5 Å². The number of rotatable bonds is 10. The third kappa shape index (κ3) is 5.66. The summed E-state index contributed by atoms with van der Waals surface area (Å²) < 4.78 is 11.8. The van der Waals surface area contributed by atoms with E-state index in [1.807, 2.05) is 44.3 Å². The molecule has 6 heteroatoms. The maximum atomic E-state index is 10.8. The van der Waals surface area contributed by atoms with Crippen LogP contribution in [0.25, 0.3) is 11.5 Å². The van der Waals surface area contributed by atoms with Crippen LogP contribution in [0.5, 0.6) is 5.75 Å². The van der Waals surface area contributed by atoms with E-state index in [9.17, 15) is 4.79 Å². The third-order valence-electron chi connectivity index (χ3n) is 5.42. The number of aryl methyl sites for hydroxylation is 4. The highest BCUT2D eigenvalue weighted by molar-refractivity contribution is 5.67. The van der Waals surface area contributed by atoms with Crippen molar-refractivity contribution in [2.24, 2.45) is 0 Å². The maximum Gasteiger partial charge on any atom is 0.303 e. The number of carbonyl (C=O) groups is 1. The van der Waals surface area contributed by atoms with Crippen molar-refractivity contribution >= 4 is 11.7 Å². The smallest absolute Gasteiger partial charge is 0.303 e. The molecule has 0 aliphatic heterocycles. The summed E-state index contributed by atoms with van der Waals surface area (Å²) in [5.41, 5.74) is 6.23. The molecular formula is C25H30N2O4. The number of nitrogens with one attached hydrogen (secondary N) is 1. The Balaban J connectivity index is 1.64. The van der Waals surface area contributed by atoms with Gasteiger partial charge >= 0.3 is 5.97 Å². The van der Waals surface area contributed by atoms with Crippen molar-refractivity contribution in [3.05, 3.63) is 64.5 Å². The van der Waals surface area contributed by atoms with Crippen LogP contribution in [0, 0.1) is 13.8 Å². The summed E-state index contributed by atoms with van der Waals surface area (Å²) in [5.74, 6) is 1.41. The molecular weight excluding hydrogens is 392 g/mol. The second-order valence-corrected chi connectivity index (χ2v) is 7.58. The molecule has 1 heterocycles. The first kappa shape index (κ1) is 22.4. The molecule has 0 radical (unpaired) electrons. The number of aliphatic carboxylic acids is 1. The van der Waals surface area contributed by atoms with Crippen LogP contribution in [0.1, 0.15) is 41.5 Å². The van der Waals surface area contributed by atoms with Crippen LogP contribution in [0.3, 0.4) is 0 Å². The van der Waals surface area contributed by atoms with E-state index in [1.165, 1.54) is 5.56 Å². The summed E-state index contributed by atoms with van der Waals surface area (Å²) >= 11 is 0. The maximum absolute atomic E-state index is 10.8. The Hall–Kier alpha value is -3.28. The lowest BCUT2D eigenvalue weighted by molar-refractivity contribution is -0.136. The predicted octanol–water partition coefficient (Wildman–Crippen LogP) is 5.20. The first-order valence-corrected chi connectivity index (χ1v) is 10.6. The summed E-state index contributed by atoms with van der Waals surface area (Å²) in [6.07, 6.45) is 2.15. The van der Waals surface area contributed by atoms with E-state index < -0.39 is 5.97 Å². The minimum atomic E-state index is -0.780. The summed E-state index contributed by atoms with van der Waals surface area (Å²) in [4.78, 5) is 15.5. The molecule has 0 amide bonds. The van der Waals surface area contributed by atoms with Crippen molar-refractivity contribution < 1.29 is 19.1 Å². The molecule has 0 bridgehead atoms. The zero-order valence-electron chi connectivity index (χ0n) is 18.6. The molecule has 0 spiro atoms. The lowest BCUT2D eigenvalue weighted by Gasteiger charge is -2.11. The number of hydrogen-bond donors (Lipinski definition) is 2. The molecule has 6 nitrogen and oxygen atoms in total. The van der Waals surface area contributed by atoms with Crippen molar-refractivity contribution in [1.82, 2.24) is 4.98 Å². The van der Waals surface area contributed by atoms with Gasteiger partial charge < -0.3 is 19.6 Å². The number of carboxylic acid groups (broad SMARTS) is 1. The topological polar surface area (TPSA) is 84.6 Å². The molecule has 0 atom stereocenters. The second-order valence-electron chi connectivity index (χ2n) is 7.58. The quantitative estimate of drug-likeness (QED) is 0.467. The molecule has 0 unspecified atom stereocenters. The van der Waals surface area contributed by atoms with Gasteiger partial charge in [-0.3, -0.25) is 4.79 Å². The highest BCUT2D eigenvalue weighted by Gasteiger charge is 2.13. The Bertz CT molecular complexity index is 1060. The predicted molar refractivity (Wildman–Crippen MR) is 122 cm³/mol. The van der Waals surface area contributed by atoms with Crippen LogP contribution in [0.4, 0.5) is 5.69 Å². The number of anilines is 1. The van der Waals surface area contributed by atoms with E-state index in [4.69, 9.17) is 14.3 Å². The molecule has 2 N–H and O–H groups in total. The monoisotopic (exact) mass is 422 g/mol. The van der Waals surface area contributed by atoms with Gasteiger partial charge in [-0.2, -0.15) is 0 Å². The summed E-state index contributed by atoms with van der Waals surface area (Å²) in [7, 11) is 1.90. The van der Waals surface area contributed by atoms with Crippen molar-refractivity contribution in [1.29, 1.82) is 0 Å². The molecule has 1 aromatic heterocycles. The first-order valence-electron chi connectivity index (χ1n) is 10.6. The molecule has 0 aliphatic carbocycles. The average molecular weight is 423 g/mol. The first-order chi connectivity index (χ1) is 14.9. The highest BCUT2D eigenvalue weighted by Crippen LogP contribution is 2.27. The second kappa shape index (κ2) is 10.2. The van der Waals surface area contributed by atoms with Crippen LogP contribution in [0.2, 0.25) is 0 Å². The molecule has 0 fully saturated rings. The lowest BCUT2D eigenvalue weighted by Crippen LogP contribution is -2.04. The number of benzene rings is 2. The molecule has 0 aliphatic rings. The standard InChI is InChI=1S/C25H30N2O4/c1-5-18-14-21(10-8-19(18)9-11-24(28)29)30-13-12-22-17(3)31-25(27-22)20-7-6-16(2)23(15-20)26-4/h6-8,10,14-15,26H,5,9,11-13H2,1-4H3,(H,28,29). The van der Waals surface area contributed by atoms with Crippen LogP contribution in [-0.2, 0) is 24.1 Å². The fourth-order valence-electron chi connectivity index (χ4n) is 3.58. The number of ether oxygens (including phenoxy) is 1. The third-order valence-corrected chi connectivity index (χ3v) is 5.42. The molecule has 3 rings (SSSR count). The van der Waals surface area contributed by atoms with Gasteiger partial charge in [-0.15, -0.1) is 0 Å². The highest BCUT2D eigenvalue weighted by atomic mass is 16.5. The Kier molecular flexibility index (Phi) is 7.34. The molecule has 0 saturated carbocycles. The van der Waals surface area contributed by atoms with E-state index in [1.54, 1.807) is 0 Å². The minimum Gasteiger partial charge on any atom is -0.493 e. The van der Waals surface area contributed by atoms with Gasteiger partial charge in [0.1, 0.15) is 11.5 Å². The SMILES string of the molecule is CCc1cc(OCCc2nc(-c3ccc(C)c(NC)c3)oc2C)ccc1CCC(=O)O. The van der Waals surface area contributed by atoms with Crippen molar-refractivity contribution in [3.8, 4) is 17.2 Å². The van der Waals surface area contributed by atoms with Gasteiger partial charge in [-0.1, -0.05) is 19.1 Å². The lowest BCUT2D eigenvalue weighted by atomic mass is 10.0. The van der Waals surface area contributed by atoms with Gasteiger partial charge in [0.05, 0.1) is 12.3 Å².